The van der Waals surface area contributed by atoms with Gasteiger partial charge in [-0.2, -0.15) is 0 Å². The van der Waals surface area contributed by atoms with E-state index < -0.39 is 0 Å². The van der Waals surface area contributed by atoms with Gasteiger partial charge in [-0.1, -0.05) is 36.0 Å². The van der Waals surface area contributed by atoms with Crippen molar-refractivity contribution < 1.29 is 0 Å². The van der Waals surface area contributed by atoms with Crippen LogP contribution in [0, 0.1) is 17.8 Å². The van der Waals surface area contributed by atoms with E-state index in [1.54, 1.807) is 5.57 Å². The third kappa shape index (κ3) is 1.20. The van der Waals surface area contributed by atoms with Crippen molar-refractivity contribution >= 4 is 0 Å². The molecule has 3 rings (SSSR count). The molecule has 0 spiro atoms. The Balaban J connectivity index is 1.83. The molecule has 1 fully saturated rings. The van der Waals surface area contributed by atoms with Crippen LogP contribution in [0.5, 0.6) is 0 Å². The van der Waals surface area contributed by atoms with E-state index in [0.717, 1.165) is 17.8 Å². The van der Waals surface area contributed by atoms with Crippen LogP contribution in [0.2, 0.25) is 0 Å². The predicted molar refractivity (Wildman–Crippen MR) is 55.3 cm³/mol. The van der Waals surface area contributed by atoms with Crippen LogP contribution in [-0.2, 0) is 0 Å². The van der Waals surface area contributed by atoms with Gasteiger partial charge >= 0.3 is 0 Å². The van der Waals surface area contributed by atoms with E-state index in [1.807, 2.05) is 0 Å². The maximum absolute atomic E-state index is 2.46. The molecule has 0 saturated heterocycles. The van der Waals surface area contributed by atoms with Crippen LogP contribution in [0.4, 0.5) is 0 Å². The lowest BCUT2D eigenvalue weighted by Gasteiger charge is -2.22. The highest BCUT2D eigenvalue weighted by Crippen LogP contribution is 2.47. The van der Waals surface area contributed by atoms with Crippen molar-refractivity contribution in [1.29, 1.82) is 0 Å². The van der Waals surface area contributed by atoms with Gasteiger partial charge in [0.2, 0.25) is 0 Å². The van der Waals surface area contributed by atoms with E-state index in [4.69, 9.17) is 0 Å². The Morgan fingerprint density at radius 2 is 2.15 bits per heavy atom. The number of allylic oxidation sites excluding steroid dienone is 6. The summed E-state index contributed by atoms with van der Waals surface area (Å²) < 4.78 is 0. The van der Waals surface area contributed by atoms with Crippen LogP contribution in [-0.4, -0.2) is 0 Å². The molecule has 3 atom stereocenters. The number of fused-ring (bicyclic) bond motifs is 2. The normalized spacial score (nSPS) is 41.2. The summed E-state index contributed by atoms with van der Waals surface area (Å²) in [5.41, 5.74) is 1.72. The lowest BCUT2D eigenvalue weighted by Crippen LogP contribution is -2.10. The molecule has 13 heavy (non-hydrogen) atoms. The Hall–Kier alpha value is -0.780. The lowest BCUT2D eigenvalue weighted by atomic mass is 9.83. The number of hydrogen-bond acceptors (Lipinski definition) is 0. The largest absolute Gasteiger partial charge is 0.0851 e. The highest BCUT2D eigenvalue weighted by atomic mass is 14.4. The third-order valence-corrected chi connectivity index (χ3v) is 3.80. The molecule has 3 aliphatic carbocycles. The van der Waals surface area contributed by atoms with Crippen LogP contribution < -0.4 is 0 Å². The molecule has 0 aromatic heterocycles. The first-order valence-corrected chi connectivity index (χ1v) is 5.47. The summed E-state index contributed by atoms with van der Waals surface area (Å²) in [5.74, 6) is 2.71. The Kier molecular flexibility index (Phi) is 1.68. The molecular formula is C13H16. The van der Waals surface area contributed by atoms with E-state index in [-0.39, 0.29) is 0 Å². The van der Waals surface area contributed by atoms with Gasteiger partial charge in [0.1, 0.15) is 0 Å². The second kappa shape index (κ2) is 2.87. The summed E-state index contributed by atoms with van der Waals surface area (Å²) in [5, 5.41) is 0. The summed E-state index contributed by atoms with van der Waals surface area (Å²) in [6, 6.07) is 0. The Morgan fingerprint density at radius 1 is 1.15 bits per heavy atom. The topological polar surface area (TPSA) is 0 Å². The molecule has 0 heterocycles. The second-order valence-electron chi connectivity index (χ2n) is 4.60. The molecule has 2 bridgehead atoms. The zero-order chi connectivity index (χ0) is 8.67. The second-order valence-corrected chi connectivity index (χ2v) is 4.60. The Morgan fingerprint density at radius 3 is 2.77 bits per heavy atom. The van der Waals surface area contributed by atoms with Crippen LogP contribution in [0.1, 0.15) is 25.7 Å². The fourth-order valence-corrected chi connectivity index (χ4v) is 3.14. The van der Waals surface area contributed by atoms with E-state index in [0.29, 0.717) is 0 Å². The highest BCUT2D eigenvalue weighted by Gasteiger charge is 2.36. The average Bonchev–Trinajstić information content (AvgIpc) is 2.80. The third-order valence-electron chi connectivity index (χ3n) is 3.80. The smallest absolute Gasteiger partial charge is 0.0131 e. The van der Waals surface area contributed by atoms with Crippen LogP contribution in [0.3, 0.4) is 0 Å². The van der Waals surface area contributed by atoms with Gasteiger partial charge in [0.05, 0.1) is 0 Å². The SMILES string of the molecule is C1=CCCC(C2CC3C=CC2C3)=C1. The molecular weight excluding hydrogens is 156 g/mol. The van der Waals surface area contributed by atoms with Gasteiger partial charge in [-0.05, 0) is 43.4 Å². The van der Waals surface area contributed by atoms with E-state index >= 15 is 0 Å². The molecule has 3 aliphatic rings. The fourth-order valence-electron chi connectivity index (χ4n) is 3.14. The zero-order valence-corrected chi connectivity index (χ0v) is 7.95. The van der Waals surface area contributed by atoms with Crippen molar-refractivity contribution in [2.45, 2.75) is 25.7 Å². The van der Waals surface area contributed by atoms with Crippen molar-refractivity contribution in [3.05, 3.63) is 36.0 Å². The first-order valence-electron chi connectivity index (χ1n) is 5.47. The van der Waals surface area contributed by atoms with Crippen LogP contribution >= 0.6 is 0 Å². The van der Waals surface area contributed by atoms with E-state index in [1.165, 1.54) is 25.7 Å². The fraction of sp³-hybridized carbons (Fsp3) is 0.538. The van der Waals surface area contributed by atoms with Crippen molar-refractivity contribution in [2.75, 3.05) is 0 Å². The highest BCUT2D eigenvalue weighted by molar-refractivity contribution is 5.26. The molecule has 0 N–H and O–H groups in total. The van der Waals surface area contributed by atoms with Crippen LogP contribution in [0.25, 0.3) is 0 Å². The van der Waals surface area contributed by atoms with Gasteiger partial charge in [0.15, 0.2) is 0 Å². The molecule has 0 aliphatic heterocycles. The molecule has 68 valence electrons. The van der Waals surface area contributed by atoms with Crippen LogP contribution in [0.15, 0.2) is 36.0 Å². The minimum atomic E-state index is 0.891. The minimum absolute atomic E-state index is 0.891. The summed E-state index contributed by atoms with van der Waals surface area (Å²) >= 11 is 0. The van der Waals surface area contributed by atoms with Crippen molar-refractivity contribution in [2.24, 2.45) is 17.8 Å². The first kappa shape index (κ1) is 7.61. The molecule has 0 amide bonds. The Bertz CT molecular complexity index is 293. The zero-order valence-electron chi connectivity index (χ0n) is 7.95. The molecule has 0 nitrogen and oxygen atoms in total. The van der Waals surface area contributed by atoms with Gasteiger partial charge < -0.3 is 0 Å². The monoisotopic (exact) mass is 172 g/mol. The molecule has 0 aromatic rings. The quantitative estimate of drug-likeness (QED) is 0.531. The minimum Gasteiger partial charge on any atom is -0.0851 e. The van der Waals surface area contributed by atoms with Gasteiger partial charge in [-0.25, -0.2) is 0 Å². The molecule has 1 saturated carbocycles. The average molecular weight is 172 g/mol. The van der Waals surface area contributed by atoms with E-state index in [2.05, 4.69) is 30.4 Å². The number of rotatable bonds is 1. The summed E-state index contributed by atoms with van der Waals surface area (Å²) in [6.45, 7) is 0. The van der Waals surface area contributed by atoms with Crippen molar-refractivity contribution in [3.63, 3.8) is 0 Å². The maximum atomic E-state index is 2.46. The number of hydrogen-bond donors (Lipinski definition) is 0. The summed E-state index contributed by atoms with van der Waals surface area (Å²) in [7, 11) is 0. The molecule has 0 heteroatoms. The molecule has 0 aromatic carbocycles. The summed E-state index contributed by atoms with van der Waals surface area (Å²) in [4.78, 5) is 0. The Labute approximate surface area is 80.0 Å². The van der Waals surface area contributed by atoms with Crippen molar-refractivity contribution in [3.8, 4) is 0 Å². The molecule has 3 unspecified atom stereocenters. The maximum Gasteiger partial charge on any atom is -0.0131 e. The predicted octanol–water partition coefficient (Wildman–Crippen LogP) is 3.48. The van der Waals surface area contributed by atoms with Gasteiger partial charge in [0, 0.05) is 0 Å². The van der Waals surface area contributed by atoms with Crippen molar-refractivity contribution in [1.82, 2.24) is 0 Å². The molecule has 0 radical (unpaired) electrons. The first-order chi connectivity index (χ1) is 6.43. The lowest BCUT2D eigenvalue weighted by molar-refractivity contribution is 0.501. The van der Waals surface area contributed by atoms with E-state index in [9.17, 15) is 0 Å². The standard InChI is InChI=1S/C13H16/c1-2-4-11(5-3-1)13-9-10-6-7-12(13)8-10/h1-2,4,6-7,10,12-13H,3,5,8-9H2. The van der Waals surface area contributed by atoms with Gasteiger partial charge in [-0.15, -0.1) is 0 Å². The van der Waals surface area contributed by atoms with Gasteiger partial charge in [0.25, 0.3) is 0 Å². The van der Waals surface area contributed by atoms with Gasteiger partial charge in [-0.3, -0.25) is 0 Å². The summed E-state index contributed by atoms with van der Waals surface area (Å²) in [6.07, 6.45) is 17.2.